The van der Waals surface area contributed by atoms with Crippen molar-refractivity contribution in [3.8, 4) is 34.2 Å². The molecular weight excluding hydrogens is 601 g/mol. The number of hydrogen-bond acceptors (Lipinski definition) is 8. The highest BCUT2D eigenvalue weighted by Gasteiger charge is 2.21. The Balaban J connectivity index is 0.000000242. The molecule has 7 rings (SSSR count). The van der Waals surface area contributed by atoms with E-state index < -0.39 is 29.6 Å². The molecule has 14 heteroatoms. The Bertz CT molecular complexity index is 2130. The van der Waals surface area contributed by atoms with Gasteiger partial charge in [-0.15, -0.1) is 0 Å². The summed E-state index contributed by atoms with van der Waals surface area (Å²) in [5.41, 5.74) is 16.8. The summed E-state index contributed by atoms with van der Waals surface area (Å²) in [4.78, 5) is 34.7. The van der Waals surface area contributed by atoms with Gasteiger partial charge in [-0.1, -0.05) is 6.07 Å². The number of primary amides is 1. The fraction of sp³-hybridized carbons (Fsp3) is 0.125. The minimum absolute atomic E-state index is 0.171. The van der Waals surface area contributed by atoms with Crippen molar-refractivity contribution in [2.24, 2.45) is 5.73 Å². The molecule has 4 heterocycles. The average Bonchev–Trinajstić information content (AvgIpc) is 3.79. The predicted molar refractivity (Wildman–Crippen MR) is 163 cm³/mol. The molecule has 0 saturated carbocycles. The third kappa shape index (κ3) is 5.63. The highest BCUT2D eigenvalue weighted by molar-refractivity contribution is 5.95. The highest BCUT2D eigenvalue weighted by Crippen LogP contribution is 2.33. The number of phenolic OH excluding ortho intramolecular Hbond substituents is 1. The Morgan fingerprint density at radius 3 is 2.52 bits per heavy atom. The largest absolute Gasteiger partial charge is 0.507 e. The summed E-state index contributed by atoms with van der Waals surface area (Å²) < 4.78 is 41.4. The van der Waals surface area contributed by atoms with Gasteiger partial charge in [-0.25, -0.2) is 24.0 Å². The maximum atomic E-state index is 13.0. The summed E-state index contributed by atoms with van der Waals surface area (Å²) in [6.07, 6.45) is 6.44. The zero-order valence-electron chi connectivity index (χ0n) is 23.9. The number of nitrogen functional groups attached to an aromatic ring is 1. The lowest BCUT2D eigenvalue weighted by atomic mass is 10.1. The van der Waals surface area contributed by atoms with Crippen molar-refractivity contribution in [2.45, 2.75) is 25.8 Å². The Morgan fingerprint density at radius 2 is 1.80 bits per heavy atom. The standard InChI is InChI=1S/C24H19F2N7.C8H6FNO3/c25-24(26)32-12-10-19(31-32)18-8-9-20-23(29-18)33(16-7-6-14-3-1-4-15(14)13-16)22(30-20)17-5-2-11-28-21(17)27;9-6-2-7(12)4(3-11)1-5(6)8(10)13/h2,5-13,24H,1,3-4H2,(H2,27,28);1-3,12H,(H2,10,13). The van der Waals surface area contributed by atoms with Crippen molar-refractivity contribution >= 4 is 29.2 Å². The number of alkyl halides is 2. The van der Waals surface area contributed by atoms with Crippen molar-refractivity contribution in [1.29, 1.82) is 0 Å². The van der Waals surface area contributed by atoms with Gasteiger partial charge in [0.25, 0.3) is 5.91 Å². The van der Waals surface area contributed by atoms with E-state index in [1.807, 2.05) is 22.8 Å². The van der Waals surface area contributed by atoms with E-state index in [2.05, 4.69) is 28.3 Å². The minimum atomic E-state index is -2.71. The van der Waals surface area contributed by atoms with Crippen molar-refractivity contribution in [1.82, 2.24) is 29.3 Å². The SMILES string of the molecule is NC(=O)c1cc(C=O)c(O)cc1F.Nc1ncccc1-c1nc2ccc(-c3ccn(C(F)F)n3)nc2n1-c1ccc2c(c1)CCC2. The zero-order valence-corrected chi connectivity index (χ0v) is 23.9. The van der Waals surface area contributed by atoms with Gasteiger partial charge in [-0.2, -0.15) is 13.9 Å². The maximum Gasteiger partial charge on any atom is 0.333 e. The van der Waals surface area contributed by atoms with Crippen LogP contribution in [0.3, 0.4) is 0 Å². The first-order valence-electron chi connectivity index (χ1n) is 14.0. The van der Waals surface area contributed by atoms with Gasteiger partial charge in [-0.3, -0.25) is 14.2 Å². The number of hydrogen-bond donors (Lipinski definition) is 3. The lowest BCUT2D eigenvalue weighted by Gasteiger charge is -2.12. The number of aromatic hydroxyl groups is 1. The van der Waals surface area contributed by atoms with Gasteiger partial charge >= 0.3 is 6.55 Å². The van der Waals surface area contributed by atoms with E-state index >= 15 is 0 Å². The molecular formula is C32H25F3N8O3. The fourth-order valence-corrected chi connectivity index (χ4v) is 5.28. The molecule has 1 amide bonds. The Labute approximate surface area is 259 Å². The number of phenols is 1. The van der Waals surface area contributed by atoms with Gasteiger partial charge in [0.05, 0.1) is 22.4 Å². The molecule has 0 spiro atoms. The monoisotopic (exact) mass is 626 g/mol. The second-order valence-electron chi connectivity index (χ2n) is 10.4. The molecule has 232 valence electrons. The lowest BCUT2D eigenvalue weighted by Crippen LogP contribution is -2.13. The van der Waals surface area contributed by atoms with Crippen LogP contribution in [0.1, 0.15) is 44.8 Å². The number of amides is 1. The van der Waals surface area contributed by atoms with E-state index in [0.717, 1.165) is 31.0 Å². The highest BCUT2D eigenvalue weighted by atomic mass is 19.3. The van der Waals surface area contributed by atoms with Crippen LogP contribution in [0.5, 0.6) is 5.75 Å². The number of aldehydes is 1. The molecule has 0 saturated heterocycles. The van der Waals surface area contributed by atoms with Crippen LogP contribution in [-0.4, -0.2) is 46.6 Å². The summed E-state index contributed by atoms with van der Waals surface area (Å²) in [5, 5.41) is 12.9. The summed E-state index contributed by atoms with van der Waals surface area (Å²) >= 11 is 0. The number of pyridine rings is 2. The molecule has 0 radical (unpaired) electrons. The first kappa shape index (κ1) is 30.0. The zero-order chi connectivity index (χ0) is 32.5. The molecule has 0 fully saturated rings. The summed E-state index contributed by atoms with van der Waals surface area (Å²) in [7, 11) is 0. The van der Waals surface area contributed by atoms with Crippen molar-refractivity contribution < 1.29 is 27.9 Å². The van der Waals surface area contributed by atoms with Crippen molar-refractivity contribution in [3.63, 3.8) is 0 Å². The van der Waals surface area contributed by atoms with E-state index in [0.29, 0.717) is 56.8 Å². The first-order valence-corrected chi connectivity index (χ1v) is 14.0. The molecule has 4 aromatic heterocycles. The van der Waals surface area contributed by atoms with Crippen LogP contribution in [0.2, 0.25) is 0 Å². The summed E-state index contributed by atoms with van der Waals surface area (Å²) in [6, 6.07) is 16.7. The van der Waals surface area contributed by atoms with Gasteiger partial charge in [0, 0.05) is 24.1 Å². The minimum Gasteiger partial charge on any atom is -0.507 e. The maximum absolute atomic E-state index is 13.0. The molecule has 0 aliphatic heterocycles. The Kier molecular flexibility index (Phi) is 7.92. The molecule has 11 nitrogen and oxygen atoms in total. The van der Waals surface area contributed by atoms with Gasteiger partial charge in [0.1, 0.15) is 28.6 Å². The van der Waals surface area contributed by atoms with Crippen LogP contribution in [0.25, 0.3) is 39.6 Å². The van der Waals surface area contributed by atoms with E-state index in [1.54, 1.807) is 12.3 Å². The Hall–Kier alpha value is -6.05. The number of nitrogens with two attached hydrogens (primary N) is 2. The number of imidazole rings is 1. The fourth-order valence-electron chi connectivity index (χ4n) is 5.28. The molecule has 5 N–H and O–H groups in total. The van der Waals surface area contributed by atoms with E-state index in [4.69, 9.17) is 26.5 Å². The molecule has 0 bridgehead atoms. The number of nitrogens with zero attached hydrogens (tertiary/aromatic N) is 6. The molecule has 1 aliphatic carbocycles. The second kappa shape index (κ2) is 12.1. The van der Waals surface area contributed by atoms with Crippen molar-refractivity contribution in [3.05, 3.63) is 101 Å². The predicted octanol–water partition coefficient (Wildman–Crippen LogP) is 5.25. The molecule has 6 aromatic rings. The van der Waals surface area contributed by atoms with Gasteiger partial charge in [0.15, 0.2) is 17.8 Å². The average molecular weight is 627 g/mol. The number of halogens is 3. The van der Waals surface area contributed by atoms with Crippen molar-refractivity contribution in [2.75, 3.05) is 5.73 Å². The van der Waals surface area contributed by atoms with E-state index in [-0.39, 0.29) is 5.56 Å². The smallest absolute Gasteiger partial charge is 0.333 e. The van der Waals surface area contributed by atoms with Crippen LogP contribution in [0, 0.1) is 5.82 Å². The Morgan fingerprint density at radius 1 is 1.00 bits per heavy atom. The molecule has 0 atom stereocenters. The lowest BCUT2D eigenvalue weighted by molar-refractivity contribution is 0.0568. The third-order valence-electron chi connectivity index (χ3n) is 7.50. The summed E-state index contributed by atoms with van der Waals surface area (Å²) in [5.74, 6) is -1.46. The third-order valence-corrected chi connectivity index (χ3v) is 7.50. The number of rotatable bonds is 6. The van der Waals surface area contributed by atoms with Gasteiger partial charge < -0.3 is 16.6 Å². The second-order valence-corrected chi connectivity index (χ2v) is 10.4. The number of aryl methyl sites for hydroxylation is 2. The van der Waals surface area contributed by atoms with Crippen LogP contribution in [0.4, 0.5) is 19.0 Å². The quantitative estimate of drug-likeness (QED) is 0.211. The number of fused-ring (bicyclic) bond motifs is 2. The van der Waals surface area contributed by atoms with Gasteiger partial charge in [0.2, 0.25) is 0 Å². The normalized spacial score (nSPS) is 12.2. The number of benzene rings is 2. The molecule has 2 aromatic carbocycles. The molecule has 1 aliphatic rings. The van der Waals surface area contributed by atoms with Crippen LogP contribution in [-0.2, 0) is 12.8 Å². The molecule has 46 heavy (non-hydrogen) atoms. The molecule has 0 unspecified atom stereocenters. The van der Waals surface area contributed by atoms with Gasteiger partial charge in [-0.05, 0) is 78.9 Å². The number of aromatic nitrogens is 6. The van der Waals surface area contributed by atoms with Crippen LogP contribution < -0.4 is 11.5 Å². The number of carbonyl (C=O) groups is 2. The van der Waals surface area contributed by atoms with E-state index in [1.165, 1.54) is 23.4 Å². The number of carbonyl (C=O) groups excluding carboxylic acids is 2. The summed E-state index contributed by atoms with van der Waals surface area (Å²) in [6.45, 7) is -2.71. The first-order chi connectivity index (χ1) is 22.1. The number of anilines is 1. The topological polar surface area (TPSA) is 168 Å². The van der Waals surface area contributed by atoms with Crippen LogP contribution in [0.15, 0.2) is 73.1 Å². The van der Waals surface area contributed by atoms with Crippen LogP contribution >= 0.6 is 0 Å². The van der Waals surface area contributed by atoms with E-state index in [9.17, 15) is 22.8 Å².